The number of amides is 1. The maximum Gasteiger partial charge on any atom is 0.305 e. The van der Waals surface area contributed by atoms with Crippen molar-refractivity contribution in [2.45, 2.75) is 379 Å². The second kappa shape index (κ2) is 64.6. The third-order valence-electron chi connectivity index (χ3n) is 15.6. The van der Waals surface area contributed by atoms with Crippen molar-refractivity contribution in [2.75, 3.05) is 13.2 Å². The van der Waals surface area contributed by atoms with E-state index >= 15 is 0 Å². The summed E-state index contributed by atoms with van der Waals surface area (Å²) in [5.74, 6) is -0.0566. The van der Waals surface area contributed by atoms with Crippen LogP contribution in [0.15, 0.2) is 36.5 Å². The first-order valence-electron chi connectivity index (χ1n) is 33.8. The molecule has 0 radical (unpaired) electrons. The van der Waals surface area contributed by atoms with E-state index < -0.39 is 12.1 Å². The summed E-state index contributed by atoms with van der Waals surface area (Å²) in [6.45, 7) is 4.85. The molecule has 1 amide bonds. The van der Waals surface area contributed by atoms with E-state index in [9.17, 15) is 19.8 Å². The lowest BCUT2D eigenvalue weighted by Gasteiger charge is -2.20. The van der Waals surface area contributed by atoms with Gasteiger partial charge in [-0.15, -0.1) is 0 Å². The molecule has 0 saturated carbocycles. The summed E-state index contributed by atoms with van der Waals surface area (Å²) in [5.41, 5.74) is 0. The van der Waals surface area contributed by atoms with E-state index in [1.165, 1.54) is 289 Å². The second-order valence-corrected chi connectivity index (χ2v) is 23.2. The quantitative estimate of drug-likeness (QED) is 0.0320. The molecule has 442 valence electrons. The van der Waals surface area contributed by atoms with Gasteiger partial charge in [-0.05, 0) is 57.8 Å². The Morgan fingerprint density at radius 3 is 1.07 bits per heavy atom. The van der Waals surface area contributed by atoms with E-state index in [1.54, 1.807) is 6.08 Å². The van der Waals surface area contributed by atoms with E-state index in [0.29, 0.717) is 19.4 Å². The van der Waals surface area contributed by atoms with E-state index in [0.717, 1.165) is 51.4 Å². The Hall–Kier alpha value is -1.92. The SMILES string of the molecule is CCC/C=C\C/C=C\CCCCCCCC(=O)OCCCCCCCCCCCCCCCCCCCCCCCCCCCCCCCCCCCC(=O)NC(CO)C(O)/C=C/CCCCCCCCCCCC. The van der Waals surface area contributed by atoms with Crippen LogP contribution in [0.4, 0.5) is 0 Å². The summed E-state index contributed by atoms with van der Waals surface area (Å²) < 4.78 is 5.48. The molecule has 0 spiro atoms. The molecule has 75 heavy (non-hydrogen) atoms. The molecule has 2 atom stereocenters. The largest absolute Gasteiger partial charge is 0.466 e. The molecule has 0 aromatic carbocycles. The second-order valence-electron chi connectivity index (χ2n) is 23.2. The number of rotatable bonds is 63. The Kier molecular flexibility index (Phi) is 63.0. The number of nitrogens with one attached hydrogen (secondary N) is 1. The van der Waals surface area contributed by atoms with Gasteiger partial charge >= 0.3 is 5.97 Å². The zero-order valence-corrected chi connectivity index (χ0v) is 50.5. The fourth-order valence-corrected chi connectivity index (χ4v) is 10.5. The third kappa shape index (κ3) is 61.2. The fourth-order valence-electron chi connectivity index (χ4n) is 10.5. The number of carbonyl (C=O) groups is 2. The van der Waals surface area contributed by atoms with Gasteiger partial charge in [0.05, 0.1) is 25.4 Å². The van der Waals surface area contributed by atoms with Crippen molar-refractivity contribution in [1.29, 1.82) is 0 Å². The van der Waals surface area contributed by atoms with E-state index in [2.05, 4.69) is 43.5 Å². The molecule has 0 bridgehead atoms. The van der Waals surface area contributed by atoms with Crippen LogP contribution in [0.25, 0.3) is 0 Å². The predicted molar refractivity (Wildman–Crippen MR) is 329 cm³/mol. The van der Waals surface area contributed by atoms with Crippen LogP contribution < -0.4 is 5.32 Å². The molecule has 0 heterocycles. The zero-order chi connectivity index (χ0) is 54.3. The number of unbranched alkanes of at least 4 members (excludes halogenated alkanes) is 48. The van der Waals surface area contributed by atoms with Crippen molar-refractivity contribution in [3.63, 3.8) is 0 Å². The first-order valence-corrected chi connectivity index (χ1v) is 33.8. The zero-order valence-electron chi connectivity index (χ0n) is 50.5. The van der Waals surface area contributed by atoms with Crippen molar-refractivity contribution in [1.82, 2.24) is 5.32 Å². The van der Waals surface area contributed by atoms with Crippen LogP contribution in [0.2, 0.25) is 0 Å². The monoisotopic (exact) mass is 1050 g/mol. The maximum atomic E-state index is 12.4. The van der Waals surface area contributed by atoms with Crippen molar-refractivity contribution in [3.8, 4) is 0 Å². The Morgan fingerprint density at radius 1 is 0.373 bits per heavy atom. The minimum Gasteiger partial charge on any atom is -0.466 e. The summed E-state index contributed by atoms with van der Waals surface area (Å²) >= 11 is 0. The van der Waals surface area contributed by atoms with Crippen LogP contribution in [0.5, 0.6) is 0 Å². The first-order chi connectivity index (χ1) is 37.0. The number of hydrogen-bond donors (Lipinski definition) is 3. The average Bonchev–Trinajstić information content (AvgIpc) is 3.41. The molecule has 0 aliphatic heterocycles. The molecule has 0 saturated heterocycles. The van der Waals surface area contributed by atoms with Gasteiger partial charge in [-0.1, -0.05) is 333 Å². The molecule has 0 aliphatic rings. The highest BCUT2D eigenvalue weighted by Crippen LogP contribution is 2.18. The van der Waals surface area contributed by atoms with Crippen LogP contribution >= 0.6 is 0 Å². The number of aliphatic hydroxyl groups is 2. The molecule has 0 aliphatic carbocycles. The maximum absolute atomic E-state index is 12.4. The number of allylic oxidation sites excluding steroid dienone is 5. The molecular weight excluding hydrogens is 923 g/mol. The van der Waals surface area contributed by atoms with Gasteiger partial charge in [-0.2, -0.15) is 0 Å². The summed E-state index contributed by atoms with van der Waals surface area (Å²) in [6.07, 6.45) is 82.3. The number of ether oxygens (including phenoxy) is 1. The van der Waals surface area contributed by atoms with Crippen molar-refractivity contribution >= 4 is 11.9 Å². The number of aliphatic hydroxyl groups excluding tert-OH is 2. The fraction of sp³-hybridized carbons (Fsp3) is 0.884. The van der Waals surface area contributed by atoms with Crippen LogP contribution in [0.1, 0.15) is 367 Å². The predicted octanol–water partition coefficient (Wildman–Crippen LogP) is 21.5. The van der Waals surface area contributed by atoms with Gasteiger partial charge in [-0.3, -0.25) is 9.59 Å². The highest BCUT2D eigenvalue weighted by molar-refractivity contribution is 5.76. The number of hydrogen-bond acceptors (Lipinski definition) is 5. The summed E-state index contributed by atoms with van der Waals surface area (Å²) in [5, 5.41) is 23.1. The average molecular weight is 1050 g/mol. The minimum absolute atomic E-state index is 0.00604. The van der Waals surface area contributed by atoms with Crippen LogP contribution in [0.3, 0.4) is 0 Å². The minimum atomic E-state index is -0.840. The van der Waals surface area contributed by atoms with Gasteiger partial charge in [-0.25, -0.2) is 0 Å². The highest BCUT2D eigenvalue weighted by Gasteiger charge is 2.18. The van der Waals surface area contributed by atoms with E-state index in [-0.39, 0.29) is 18.5 Å². The van der Waals surface area contributed by atoms with Gasteiger partial charge in [0.2, 0.25) is 5.91 Å². The lowest BCUT2D eigenvalue weighted by atomic mass is 10.0. The molecule has 6 nitrogen and oxygen atoms in total. The van der Waals surface area contributed by atoms with E-state index in [4.69, 9.17) is 4.74 Å². The van der Waals surface area contributed by atoms with E-state index in [1.807, 2.05) is 6.08 Å². The molecule has 0 aromatic rings. The van der Waals surface area contributed by atoms with Gasteiger partial charge in [0.25, 0.3) is 0 Å². The topological polar surface area (TPSA) is 95.9 Å². The lowest BCUT2D eigenvalue weighted by molar-refractivity contribution is -0.143. The smallest absolute Gasteiger partial charge is 0.305 e. The van der Waals surface area contributed by atoms with Gasteiger partial charge < -0.3 is 20.3 Å². The van der Waals surface area contributed by atoms with Crippen LogP contribution in [-0.2, 0) is 14.3 Å². The molecule has 0 fully saturated rings. The van der Waals surface area contributed by atoms with Crippen LogP contribution in [0, 0.1) is 0 Å². The summed E-state index contributed by atoms with van der Waals surface area (Å²) in [7, 11) is 0. The third-order valence-corrected chi connectivity index (χ3v) is 15.6. The van der Waals surface area contributed by atoms with Crippen molar-refractivity contribution in [2.24, 2.45) is 0 Å². The Morgan fingerprint density at radius 2 is 0.693 bits per heavy atom. The standard InChI is InChI=1S/C69H131NO5/c1-3-5-7-9-11-13-15-38-43-47-51-55-59-63-69(74)75-64-60-56-52-48-44-40-37-35-33-31-29-27-25-23-21-19-17-18-20-22-24-26-28-30-32-34-36-39-42-46-50-54-58-62-68(73)70-66(65-71)67(72)61-57-53-49-45-41-16-14-12-10-8-6-4-2/h7,9,13,15,57,61,66-67,71-72H,3-6,8,10-12,14,16-56,58-60,62-65H2,1-2H3,(H,70,73)/b9-7-,15-13-,61-57+. The lowest BCUT2D eigenvalue weighted by Crippen LogP contribution is -2.45. The molecule has 0 aromatic heterocycles. The highest BCUT2D eigenvalue weighted by atomic mass is 16.5. The Labute approximate surface area is 468 Å². The van der Waals surface area contributed by atoms with Gasteiger partial charge in [0.15, 0.2) is 0 Å². The molecule has 2 unspecified atom stereocenters. The van der Waals surface area contributed by atoms with Crippen LogP contribution in [-0.4, -0.2) is 47.4 Å². The molecule has 0 rings (SSSR count). The summed E-state index contributed by atoms with van der Waals surface area (Å²) in [6, 6.07) is -0.623. The first kappa shape index (κ1) is 73.1. The summed E-state index contributed by atoms with van der Waals surface area (Å²) in [4.78, 5) is 24.5. The Bertz CT molecular complexity index is 1210. The van der Waals surface area contributed by atoms with Gasteiger partial charge in [0, 0.05) is 12.8 Å². The molecular formula is C69H131NO5. The molecule has 3 N–H and O–H groups in total. The number of esters is 1. The van der Waals surface area contributed by atoms with Gasteiger partial charge in [0.1, 0.15) is 0 Å². The van der Waals surface area contributed by atoms with Crippen molar-refractivity contribution in [3.05, 3.63) is 36.5 Å². The molecule has 6 heteroatoms. The Balaban J connectivity index is 3.32. The number of carbonyl (C=O) groups excluding carboxylic acids is 2. The normalized spacial score (nSPS) is 12.7. The van der Waals surface area contributed by atoms with Crippen molar-refractivity contribution < 1.29 is 24.5 Å².